The zero-order valence-electron chi connectivity index (χ0n) is 11.6. The fourth-order valence-electron chi connectivity index (χ4n) is 2.31. The van der Waals surface area contributed by atoms with E-state index in [4.69, 9.17) is 0 Å². The van der Waals surface area contributed by atoms with Crippen molar-refractivity contribution in [1.82, 2.24) is 20.1 Å². The minimum absolute atomic E-state index is 0.148. The molecule has 0 saturated heterocycles. The molecule has 0 radical (unpaired) electrons. The molecule has 0 bridgehead atoms. The Kier molecular flexibility index (Phi) is 4.02. The van der Waals surface area contributed by atoms with E-state index in [1.54, 1.807) is 0 Å². The molecule has 1 saturated carbocycles. The lowest BCUT2D eigenvalue weighted by atomic mass is 9.96. The van der Waals surface area contributed by atoms with E-state index in [-0.39, 0.29) is 12.1 Å². The van der Waals surface area contributed by atoms with Crippen molar-refractivity contribution in [2.75, 3.05) is 6.61 Å². The van der Waals surface area contributed by atoms with Gasteiger partial charge in [-0.2, -0.15) is 5.10 Å². The topological polar surface area (TPSA) is 63.0 Å². The standard InChI is InChI=1S/C13H24N4O/c1-10-14-11(2)17(16-10)8-4-7-13(3,9-18)15-12-5-6-12/h12,15,18H,4-9H2,1-3H3. The van der Waals surface area contributed by atoms with Gasteiger partial charge in [-0.25, -0.2) is 4.98 Å². The Morgan fingerprint density at radius 2 is 2.17 bits per heavy atom. The molecule has 1 aromatic rings. The van der Waals surface area contributed by atoms with Gasteiger partial charge in [-0.3, -0.25) is 4.68 Å². The summed E-state index contributed by atoms with van der Waals surface area (Å²) in [5.74, 6) is 1.79. The lowest BCUT2D eigenvalue weighted by molar-refractivity contribution is 0.159. The first kappa shape index (κ1) is 13.5. The molecule has 0 spiro atoms. The zero-order valence-corrected chi connectivity index (χ0v) is 11.6. The molecule has 0 aliphatic heterocycles. The van der Waals surface area contributed by atoms with Gasteiger partial charge in [0.25, 0.3) is 0 Å². The summed E-state index contributed by atoms with van der Waals surface area (Å²) in [6.07, 6.45) is 4.45. The van der Waals surface area contributed by atoms with Crippen molar-refractivity contribution in [2.24, 2.45) is 0 Å². The molecule has 18 heavy (non-hydrogen) atoms. The molecule has 1 fully saturated rings. The lowest BCUT2D eigenvalue weighted by Gasteiger charge is -2.29. The summed E-state index contributed by atoms with van der Waals surface area (Å²) >= 11 is 0. The molecule has 5 heteroatoms. The monoisotopic (exact) mass is 252 g/mol. The highest BCUT2D eigenvalue weighted by atomic mass is 16.3. The highest BCUT2D eigenvalue weighted by Crippen LogP contribution is 2.24. The van der Waals surface area contributed by atoms with Crippen LogP contribution >= 0.6 is 0 Å². The summed E-state index contributed by atoms with van der Waals surface area (Å²) in [5, 5.41) is 17.4. The first-order valence-electron chi connectivity index (χ1n) is 6.79. The number of hydrogen-bond acceptors (Lipinski definition) is 4. The Bertz CT molecular complexity index is 400. The summed E-state index contributed by atoms with van der Waals surface area (Å²) in [6.45, 7) is 7.06. The van der Waals surface area contributed by atoms with E-state index >= 15 is 0 Å². The molecule has 1 aliphatic rings. The van der Waals surface area contributed by atoms with Crippen LogP contribution in [0.15, 0.2) is 0 Å². The van der Waals surface area contributed by atoms with Crippen LogP contribution in [0.3, 0.4) is 0 Å². The van der Waals surface area contributed by atoms with Gasteiger partial charge in [0.1, 0.15) is 11.6 Å². The van der Waals surface area contributed by atoms with E-state index in [1.807, 2.05) is 18.5 Å². The van der Waals surface area contributed by atoms with Gasteiger partial charge in [-0.1, -0.05) is 0 Å². The number of aliphatic hydroxyl groups excluding tert-OH is 1. The second-order valence-electron chi connectivity index (χ2n) is 5.67. The smallest absolute Gasteiger partial charge is 0.147 e. The normalized spacial score (nSPS) is 18.9. The van der Waals surface area contributed by atoms with Crippen LogP contribution in [0, 0.1) is 13.8 Å². The maximum atomic E-state index is 9.52. The van der Waals surface area contributed by atoms with Gasteiger partial charge in [0, 0.05) is 18.1 Å². The Hall–Kier alpha value is -0.940. The SMILES string of the molecule is Cc1nc(C)n(CCCC(C)(CO)NC2CC2)n1. The van der Waals surface area contributed by atoms with Gasteiger partial charge < -0.3 is 10.4 Å². The Morgan fingerprint density at radius 1 is 1.44 bits per heavy atom. The molecule has 0 amide bonds. The van der Waals surface area contributed by atoms with Crippen LogP contribution in [0.4, 0.5) is 0 Å². The van der Waals surface area contributed by atoms with E-state index in [1.165, 1.54) is 12.8 Å². The van der Waals surface area contributed by atoms with E-state index in [9.17, 15) is 5.11 Å². The van der Waals surface area contributed by atoms with Gasteiger partial charge in [0.15, 0.2) is 0 Å². The molecular weight excluding hydrogens is 228 g/mol. The number of aromatic nitrogens is 3. The van der Waals surface area contributed by atoms with Crippen molar-refractivity contribution < 1.29 is 5.11 Å². The Balaban J connectivity index is 1.80. The summed E-state index contributed by atoms with van der Waals surface area (Å²) < 4.78 is 1.95. The van der Waals surface area contributed by atoms with Crippen molar-refractivity contribution in [1.29, 1.82) is 0 Å². The molecule has 0 aromatic carbocycles. The van der Waals surface area contributed by atoms with Gasteiger partial charge in [-0.15, -0.1) is 0 Å². The summed E-state index contributed by atoms with van der Waals surface area (Å²) in [6, 6.07) is 0.623. The molecule has 2 rings (SSSR count). The average molecular weight is 252 g/mol. The molecule has 1 unspecified atom stereocenters. The van der Waals surface area contributed by atoms with Crippen LogP contribution in [0.1, 0.15) is 44.3 Å². The first-order valence-corrected chi connectivity index (χ1v) is 6.79. The zero-order chi connectivity index (χ0) is 13.2. The third-order valence-corrected chi connectivity index (χ3v) is 3.54. The van der Waals surface area contributed by atoms with E-state index < -0.39 is 0 Å². The van der Waals surface area contributed by atoms with Gasteiger partial charge >= 0.3 is 0 Å². The maximum Gasteiger partial charge on any atom is 0.147 e. The van der Waals surface area contributed by atoms with Gasteiger partial charge in [0.2, 0.25) is 0 Å². The molecular formula is C13H24N4O. The van der Waals surface area contributed by atoms with Crippen LogP contribution in [-0.4, -0.2) is 38.1 Å². The lowest BCUT2D eigenvalue weighted by Crippen LogP contribution is -2.47. The number of nitrogens with zero attached hydrogens (tertiary/aromatic N) is 3. The van der Waals surface area contributed by atoms with E-state index in [2.05, 4.69) is 22.3 Å². The molecule has 1 aromatic heterocycles. The van der Waals surface area contributed by atoms with Crippen LogP contribution in [0.5, 0.6) is 0 Å². The number of aliphatic hydroxyl groups is 1. The number of nitrogens with one attached hydrogen (secondary N) is 1. The van der Waals surface area contributed by atoms with Crippen LogP contribution in [-0.2, 0) is 6.54 Å². The Labute approximate surface area is 109 Å². The summed E-state index contributed by atoms with van der Waals surface area (Å²) in [4.78, 5) is 4.29. The molecule has 1 heterocycles. The molecule has 1 atom stereocenters. The van der Waals surface area contributed by atoms with Gasteiger partial charge in [-0.05, 0) is 46.5 Å². The number of hydrogen-bond donors (Lipinski definition) is 2. The maximum absolute atomic E-state index is 9.52. The van der Waals surface area contributed by atoms with E-state index in [0.29, 0.717) is 6.04 Å². The van der Waals surface area contributed by atoms with Crippen LogP contribution in [0.25, 0.3) is 0 Å². The fraction of sp³-hybridized carbons (Fsp3) is 0.846. The van der Waals surface area contributed by atoms with Crippen LogP contribution < -0.4 is 5.32 Å². The average Bonchev–Trinajstić information content (AvgIpc) is 3.05. The van der Waals surface area contributed by atoms with Crippen molar-refractivity contribution in [2.45, 2.75) is 64.6 Å². The van der Waals surface area contributed by atoms with Crippen molar-refractivity contribution >= 4 is 0 Å². The molecule has 1 aliphatic carbocycles. The molecule has 2 N–H and O–H groups in total. The second-order valence-corrected chi connectivity index (χ2v) is 5.67. The van der Waals surface area contributed by atoms with E-state index in [0.717, 1.165) is 31.0 Å². The van der Waals surface area contributed by atoms with Crippen molar-refractivity contribution in [3.63, 3.8) is 0 Å². The quantitative estimate of drug-likeness (QED) is 0.765. The third-order valence-electron chi connectivity index (χ3n) is 3.54. The number of rotatable bonds is 7. The largest absolute Gasteiger partial charge is 0.394 e. The Morgan fingerprint density at radius 3 is 2.67 bits per heavy atom. The predicted octanol–water partition coefficient (Wildman–Crippen LogP) is 1.18. The number of aryl methyl sites for hydroxylation is 3. The second kappa shape index (κ2) is 5.36. The third kappa shape index (κ3) is 3.53. The highest BCUT2D eigenvalue weighted by Gasteiger charge is 2.31. The fourth-order valence-corrected chi connectivity index (χ4v) is 2.31. The minimum atomic E-state index is -0.148. The summed E-state index contributed by atoms with van der Waals surface area (Å²) in [7, 11) is 0. The predicted molar refractivity (Wildman–Crippen MR) is 70.4 cm³/mol. The van der Waals surface area contributed by atoms with Crippen LogP contribution in [0.2, 0.25) is 0 Å². The summed E-state index contributed by atoms with van der Waals surface area (Å²) in [5.41, 5.74) is -0.148. The first-order chi connectivity index (χ1) is 8.52. The highest BCUT2D eigenvalue weighted by molar-refractivity contribution is 4.92. The van der Waals surface area contributed by atoms with Crippen molar-refractivity contribution in [3.05, 3.63) is 11.6 Å². The van der Waals surface area contributed by atoms with Crippen molar-refractivity contribution in [3.8, 4) is 0 Å². The molecule has 102 valence electrons. The van der Waals surface area contributed by atoms with Gasteiger partial charge in [0.05, 0.1) is 6.61 Å². The molecule has 5 nitrogen and oxygen atoms in total. The minimum Gasteiger partial charge on any atom is -0.394 e.